The Morgan fingerprint density at radius 3 is 1.28 bits per heavy atom. The number of para-hydroxylation sites is 2. The van der Waals surface area contributed by atoms with Crippen molar-refractivity contribution in [3.8, 4) is 0 Å². The Balaban J connectivity index is 1.16. The van der Waals surface area contributed by atoms with E-state index < -0.39 is 0 Å². The van der Waals surface area contributed by atoms with Crippen LogP contribution < -0.4 is 31.1 Å². The second-order valence-corrected chi connectivity index (χ2v) is 32.2. The van der Waals surface area contributed by atoms with Gasteiger partial charge in [-0.2, -0.15) is 0 Å². The summed E-state index contributed by atoms with van der Waals surface area (Å²) in [6, 6.07) is 56.4. The van der Waals surface area contributed by atoms with E-state index in [9.17, 15) is 0 Å². The van der Waals surface area contributed by atoms with Crippen molar-refractivity contribution >= 4 is 106 Å². The van der Waals surface area contributed by atoms with Crippen molar-refractivity contribution in [3.05, 3.63) is 190 Å². The van der Waals surface area contributed by atoms with E-state index in [-0.39, 0.29) is 44.6 Å². The van der Waals surface area contributed by atoms with Crippen molar-refractivity contribution in [2.75, 3.05) is 14.7 Å². The second kappa shape index (κ2) is 18.0. The standard InChI is InChI=1S/C78H86BN3S/c1-47-22-18-20-24-63(47)82(64-25-21-19-23-48(64)2)52-40-67-71-68(41-52)81(51-27-30-54-53-29-26-49(72(3,4)5)38-69(53)83-70(54)42-51)66-46-60-58(76(12,13)35-37-78(60,16)17)44-62(66)79(71)61-43-57-59(77(14,15)36-34-75(57,10)11)45-65(61)80(67)50-28-31-55-56(39-50)74(8,9)33-32-73(55,6)7/h18-31,38-46H,32-37H2,1-17H3. The summed E-state index contributed by atoms with van der Waals surface area (Å²) in [6.07, 6.45) is 6.96. The van der Waals surface area contributed by atoms with Crippen LogP contribution in [0.15, 0.2) is 140 Å². The summed E-state index contributed by atoms with van der Waals surface area (Å²) in [5, 5.41) is 2.67. The van der Waals surface area contributed by atoms with Gasteiger partial charge in [-0.05, 0) is 223 Å². The molecule has 0 saturated heterocycles. The van der Waals surface area contributed by atoms with Gasteiger partial charge in [0.2, 0.25) is 0 Å². The molecule has 3 heterocycles. The maximum absolute atomic E-state index is 2.76. The largest absolute Gasteiger partial charge is 0.311 e. The minimum atomic E-state index is -0.0360. The quantitative estimate of drug-likeness (QED) is 0.159. The van der Waals surface area contributed by atoms with Crippen LogP contribution in [-0.2, 0) is 37.9 Å². The smallest absolute Gasteiger partial charge is 0.252 e. The van der Waals surface area contributed by atoms with E-state index in [4.69, 9.17) is 0 Å². The highest BCUT2D eigenvalue weighted by Gasteiger charge is 2.50. The average Bonchev–Trinajstić information content (AvgIpc) is 1.16. The van der Waals surface area contributed by atoms with Gasteiger partial charge in [-0.25, -0.2) is 0 Å². The lowest BCUT2D eigenvalue weighted by Crippen LogP contribution is -2.62. The van der Waals surface area contributed by atoms with E-state index in [2.05, 4.69) is 272 Å². The minimum absolute atomic E-state index is 0.00266. The van der Waals surface area contributed by atoms with Crippen LogP contribution in [-0.4, -0.2) is 6.71 Å². The number of aryl methyl sites for hydroxylation is 2. The molecule has 0 N–H and O–H groups in total. The normalized spacial score (nSPS) is 19.1. The van der Waals surface area contributed by atoms with Crippen molar-refractivity contribution in [2.24, 2.45) is 0 Å². The summed E-state index contributed by atoms with van der Waals surface area (Å²) in [5.41, 5.74) is 28.3. The zero-order valence-electron chi connectivity index (χ0n) is 52.8. The fourth-order valence-corrected chi connectivity index (χ4v) is 17.1. The number of rotatable bonds is 5. The lowest BCUT2D eigenvalue weighted by atomic mass is 9.32. The fourth-order valence-electron chi connectivity index (χ4n) is 15.9. The molecule has 422 valence electrons. The summed E-state index contributed by atoms with van der Waals surface area (Å²) in [4.78, 5) is 8.07. The van der Waals surface area contributed by atoms with Gasteiger partial charge in [0, 0.05) is 65.7 Å². The van der Waals surface area contributed by atoms with E-state index in [1.54, 1.807) is 0 Å². The number of nitrogens with zero attached hydrogens (tertiary/aromatic N) is 3. The first-order chi connectivity index (χ1) is 39.0. The van der Waals surface area contributed by atoms with Crippen molar-refractivity contribution < 1.29 is 0 Å². The lowest BCUT2D eigenvalue weighted by Gasteiger charge is -2.49. The summed E-state index contributed by atoms with van der Waals surface area (Å²) < 4.78 is 2.67. The van der Waals surface area contributed by atoms with Crippen LogP contribution in [0.5, 0.6) is 0 Å². The molecule has 0 amide bonds. The molecule has 0 radical (unpaired) electrons. The summed E-state index contributed by atoms with van der Waals surface area (Å²) >= 11 is 1.95. The molecular formula is C78H86BN3S. The van der Waals surface area contributed by atoms with Gasteiger partial charge in [-0.15, -0.1) is 11.3 Å². The van der Waals surface area contributed by atoms with Crippen molar-refractivity contribution in [1.29, 1.82) is 0 Å². The molecule has 2 aliphatic heterocycles. The van der Waals surface area contributed by atoms with E-state index in [1.807, 2.05) is 11.3 Å². The monoisotopic (exact) mass is 1110 g/mol. The van der Waals surface area contributed by atoms with Gasteiger partial charge in [0.1, 0.15) is 0 Å². The Labute approximate surface area is 501 Å². The number of thiophene rings is 1. The van der Waals surface area contributed by atoms with Gasteiger partial charge in [-0.3, -0.25) is 0 Å². The zero-order valence-corrected chi connectivity index (χ0v) is 53.7. The van der Waals surface area contributed by atoms with Crippen LogP contribution in [0.25, 0.3) is 20.2 Å². The Morgan fingerprint density at radius 1 is 0.410 bits per heavy atom. The molecule has 3 nitrogen and oxygen atoms in total. The molecule has 9 aromatic rings. The average molecular weight is 1110 g/mol. The highest BCUT2D eigenvalue weighted by Crippen LogP contribution is 2.56. The third kappa shape index (κ3) is 8.30. The number of fused-ring (bicyclic) bond motifs is 10. The Hall–Kier alpha value is -6.56. The Kier molecular flexibility index (Phi) is 11.8. The van der Waals surface area contributed by atoms with Crippen LogP contribution in [0.3, 0.4) is 0 Å². The number of benzene rings is 8. The van der Waals surface area contributed by atoms with Crippen LogP contribution in [0.2, 0.25) is 0 Å². The fraction of sp³-hybridized carbons (Fsp3) is 0.385. The van der Waals surface area contributed by atoms with Gasteiger partial charge in [0.05, 0.1) is 5.69 Å². The molecule has 5 heteroatoms. The van der Waals surface area contributed by atoms with Crippen LogP contribution >= 0.6 is 11.3 Å². The third-order valence-corrected chi connectivity index (χ3v) is 22.8. The number of anilines is 9. The van der Waals surface area contributed by atoms with E-state index in [1.165, 1.54) is 139 Å². The lowest BCUT2D eigenvalue weighted by molar-refractivity contribution is 0.332. The number of hydrogen-bond donors (Lipinski definition) is 0. The highest BCUT2D eigenvalue weighted by molar-refractivity contribution is 7.25. The molecule has 0 unspecified atom stereocenters. The maximum atomic E-state index is 2.76. The van der Waals surface area contributed by atoms with Crippen molar-refractivity contribution in [1.82, 2.24) is 0 Å². The van der Waals surface area contributed by atoms with Gasteiger partial charge < -0.3 is 14.7 Å². The third-order valence-electron chi connectivity index (χ3n) is 21.6. The minimum Gasteiger partial charge on any atom is -0.311 e. The molecular weight excluding hydrogens is 1020 g/mol. The van der Waals surface area contributed by atoms with E-state index in [0.717, 1.165) is 37.8 Å². The molecule has 8 aromatic carbocycles. The molecule has 14 rings (SSSR count). The summed E-state index contributed by atoms with van der Waals surface area (Å²) in [7, 11) is 0. The van der Waals surface area contributed by atoms with Crippen LogP contribution in [0, 0.1) is 13.8 Å². The molecule has 0 saturated carbocycles. The van der Waals surface area contributed by atoms with Gasteiger partial charge in [0.15, 0.2) is 0 Å². The van der Waals surface area contributed by atoms with Gasteiger partial charge >= 0.3 is 0 Å². The molecule has 3 aliphatic carbocycles. The molecule has 1 aromatic heterocycles. The molecule has 83 heavy (non-hydrogen) atoms. The molecule has 5 aliphatic rings. The molecule has 0 spiro atoms. The van der Waals surface area contributed by atoms with Gasteiger partial charge in [0.25, 0.3) is 6.71 Å². The first kappa shape index (κ1) is 54.4. The topological polar surface area (TPSA) is 9.72 Å². The summed E-state index contributed by atoms with van der Waals surface area (Å²) in [6.45, 7) is 41.5. The first-order valence-corrected chi connectivity index (χ1v) is 32.1. The van der Waals surface area contributed by atoms with Crippen LogP contribution in [0.1, 0.15) is 192 Å². The Bertz CT molecular complexity index is 4160. The van der Waals surface area contributed by atoms with Crippen molar-refractivity contribution in [2.45, 2.75) is 194 Å². The van der Waals surface area contributed by atoms with E-state index in [0.29, 0.717) is 0 Å². The number of hydrogen-bond acceptors (Lipinski definition) is 4. The zero-order chi connectivity index (χ0) is 58.5. The maximum Gasteiger partial charge on any atom is 0.252 e. The predicted octanol–water partition coefficient (Wildman–Crippen LogP) is 20.6. The highest BCUT2D eigenvalue weighted by atomic mass is 32.1. The first-order valence-electron chi connectivity index (χ1n) is 31.2. The predicted molar refractivity (Wildman–Crippen MR) is 362 cm³/mol. The van der Waals surface area contributed by atoms with Crippen LogP contribution in [0.4, 0.5) is 51.2 Å². The van der Waals surface area contributed by atoms with Gasteiger partial charge in [-0.1, -0.05) is 177 Å². The second-order valence-electron chi connectivity index (χ2n) is 31.1. The molecule has 0 atom stereocenters. The SMILES string of the molecule is Cc1ccccc1N(c1cc2c3c(c1)N(c1ccc4c(c1)sc1cc(C(C)(C)C)ccc14)c1cc4c(cc1B3c1cc3c(cc1N2c1ccc2c(c1)C(C)(C)CCC2(C)C)C(C)(C)CCC3(C)C)C(C)(C)CCC4(C)C)c1ccccc1C. The molecule has 0 fully saturated rings. The Morgan fingerprint density at radius 2 is 0.807 bits per heavy atom. The van der Waals surface area contributed by atoms with Crippen molar-refractivity contribution in [3.63, 3.8) is 0 Å². The molecule has 0 bridgehead atoms. The summed E-state index contributed by atoms with van der Waals surface area (Å²) in [5.74, 6) is 0. The van der Waals surface area contributed by atoms with E-state index >= 15 is 0 Å².